The topological polar surface area (TPSA) is 50.8 Å². The molecule has 5 nitrogen and oxygen atoms in total. The standard InChI is InChI=1S/C11H8F2N2O3S/c1-5-9(16)15(10(19)14-5)6-2-3-7-8(4-6)18-11(12,13)17-7/h2-5H,1H3,(H,14,19)/t5-/m1/s1. The van der Waals surface area contributed by atoms with Crippen molar-refractivity contribution in [3.8, 4) is 11.5 Å². The van der Waals surface area contributed by atoms with Gasteiger partial charge in [-0.25, -0.2) is 0 Å². The molecule has 1 atom stereocenters. The molecule has 2 heterocycles. The zero-order valence-corrected chi connectivity index (χ0v) is 10.5. The minimum Gasteiger partial charge on any atom is -0.395 e. The van der Waals surface area contributed by atoms with E-state index in [0.717, 1.165) is 0 Å². The molecule has 2 aliphatic heterocycles. The molecule has 1 aromatic rings. The van der Waals surface area contributed by atoms with Gasteiger partial charge in [-0.1, -0.05) is 0 Å². The van der Waals surface area contributed by atoms with E-state index in [-0.39, 0.29) is 22.5 Å². The number of nitrogens with zero attached hydrogens (tertiary/aromatic N) is 1. The van der Waals surface area contributed by atoms with Crippen molar-refractivity contribution < 1.29 is 23.0 Å². The number of rotatable bonds is 1. The van der Waals surface area contributed by atoms with Gasteiger partial charge in [0.1, 0.15) is 6.04 Å². The molecule has 2 aliphatic rings. The largest absolute Gasteiger partial charge is 0.586 e. The Bertz CT molecular complexity index is 593. The third-order valence-corrected chi connectivity index (χ3v) is 3.08. The number of thiocarbonyl (C=S) groups is 1. The molecule has 0 aromatic heterocycles. The number of fused-ring (bicyclic) bond motifs is 1. The monoisotopic (exact) mass is 286 g/mol. The summed E-state index contributed by atoms with van der Waals surface area (Å²) in [6.07, 6.45) is -3.68. The lowest BCUT2D eigenvalue weighted by Crippen LogP contribution is -2.30. The molecule has 0 bridgehead atoms. The fourth-order valence-corrected chi connectivity index (χ4v) is 2.30. The van der Waals surface area contributed by atoms with Gasteiger partial charge in [0.05, 0.1) is 5.69 Å². The van der Waals surface area contributed by atoms with E-state index in [9.17, 15) is 13.6 Å². The zero-order chi connectivity index (χ0) is 13.8. The van der Waals surface area contributed by atoms with Crippen molar-refractivity contribution >= 4 is 28.9 Å². The Morgan fingerprint density at radius 2 is 2.05 bits per heavy atom. The number of anilines is 1. The Balaban J connectivity index is 1.97. The molecule has 0 saturated carbocycles. The van der Waals surface area contributed by atoms with Crippen molar-refractivity contribution in [2.24, 2.45) is 0 Å². The van der Waals surface area contributed by atoms with Crippen molar-refractivity contribution in [2.75, 3.05) is 4.90 Å². The SMILES string of the molecule is C[C@H]1NC(=S)N(c2ccc3c(c2)OC(F)(F)O3)C1=O. The second-order valence-electron chi connectivity index (χ2n) is 4.14. The summed E-state index contributed by atoms with van der Waals surface area (Å²) in [6.45, 7) is 1.66. The van der Waals surface area contributed by atoms with Crippen molar-refractivity contribution in [1.82, 2.24) is 5.32 Å². The molecular formula is C11H8F2N2O3S. The van der Waals surface area contributed by atoms with Gasteiger partial charge in [0, 0.05) is 6.07 Å². The highest BCUT2D eigenvalue weighted by atomic mass is 32.1. The van der Waals surface area contributed by atoms with E-state index >= 15 is 0 Å². The minimum atomic E-state index is -3.68. The highest BCUT2D eigenvalue weighted by Gasteiger charge is 2.44. The molecule has 1 amide bonds. The predicted molar refractivity (Wildman–Crippen MR) is 65.3 cm³/mol. The molecule has 1 fully saturated rings. The quantitative estimate of drug-likeness (QED) is 0.795. The van der Waals surface area contributed by atoms with Crippen LogP contribution in [-0.2, 0) is 4.79 Å². The van der Waals surface area contributed by atoms with E-state index in [1.807, 2.05) is 0 Å². The normalized spacial score (nSPS) is 23.7. The van der Waals surface area contributed by atoms with Crippen LogP contribution in [0.4, 0.5) is 14.5 Å². The van der Waals surface area contributed by atoms with E-state index in [4.69, 9.17) is 12.2 Å². The first kappa shape index (κ1) is 12.1. The van der Waals surface area contributed by atoms with Crippen molar-refractivity contribution in [2.45, 2.75) is 19.3 Å². The van der Waals surface area contributed by atoms with Gasteiger partial charge in [-0.05, 0) is 31.3 Å². The van der Waals surface area contributed by atoms with Crippen LogP contribution in [0.25, 0.3) is 0 Å². The Labute approximate surface area is 112 Å². The van der Waals surface area contributed by atoms with E-state index in [1.54, 1.807) is 6.92 Å². The molecule has 1 saturated heterocycles. The predicted octanol–water partition coefficient (Wildman–Crippen LogP) is 1.62. The molecule has 8 heteroatoms. The molecule has 19 heavy (non-hydrogen) atoms. The van der Waals surface area contributed by atoms with E-state index in [0.29, 0.717) is 5.69 Å². The average molecular weight is 286 g/mol. The highest BCUT2D eigenvalue weighted by molar-refractivity contribution is 7.80. The highest BCUT2D eigenvalue weighted by Crippen LogP contribution is 2.43. The number of ether oxygens (including phenoxy) is 2. The fraction of sp³-hybridized carbons (Fsp3) is 0.273. The van der Waals surface area contributed by atoms with Crippen LogP contribution in [0.15, 0.2) is 18.2 Å². The van der Waals surface area contributed by atoms with Crippen LogP contribution >= 0.6 is 12.2 Å². The summed E-state index contributed by atoms with van der Waals surface area (Å²) in [6, 6.07) is 3.62. The number of hydrogen-bond acceptors (Lipinski definition) is 4. The summed E-state index contributed by atoms with van der Waals surface area (Å²) in [4.78, 5) is 13.1. The van der Waals surface area contributed by atoms with Crippen LogP contribution in [0, 0.1) is 0 Å². The summed E-state index contributed by atoms with van der Waals surface area (Å²) in [5, 5.41) is 3.01. The van der Waals surface area contributed by atoms with Gasteiger partial charge in [-0.15, -0.1) is 8.78 Å². The molecule has 0 spiro atoms. The first-order chi connectivity index (χ1) is 8.87. The number of benzene rings is 1. The number of halogens is 2. The average Bonchev–Trinajstić information content (AvgIpc) is 2.74. The number of nitrogens with one attached hydrogen (secondary N) is 1. The van der Waals surface area contributed by atoms with E-state index in [2.05, 4.69) is 14.8 Å². The molecule has 0 unspecified atom stereocenters. The first-order valence-corrected chi connectivity index (χ1v) is 5.82. The molecular weight excluding hydrogens is 278 g/mol. The lowest BCUT2D eigenvalue weighted by Gasteiger charge is -2.14. The third-order valence-electron chi connectivity index (χ3n) is 2.78. The number of alkyl halides is 2. The van der Waals surface area contributed by atoms with Crippen LogP contribution in [0.3, 0.4) is 0 Å². The summed E-state index contributed by atoms with van der Waals surface area (Å²) in [5.74, 6) is -0.458. The maximum Gasteiger partial charge on any atom is 0.586 e. The second kappa shape index (κ2) is 3.77. The minimum absolute atomic E-state index is 0.0766. The Hall–Kier alpha value is -1.96. The molecule has 0 aliphatic carbocycles. The third kappa shape index (κ3) is 1.88. The Morgan fingerprint density at radius 3 is 2.68 bits per heavy atom. The zero-order valence-electron chi connectivity index (χ0n) is 9.65. The summed E-state index contributed by atoms with van der Waals surface area (Å²) < 4.78 is 34.4. The van der Waals surface area contributed by atoms with Crippen molar-refractivity contribution in [3.63, 3.8) is 0 Å². The van der Waals surface area contributed by atoms with Gasteiger partial charge in [0.15, 0.2) is 16.6 Å². The number of amides is 1. The maximum absolute atomic E-state index is 12.9. The van der Waals surface area contributed by atoms with Gasteiger partial charge in [0.2, 0.25) is 0 Å². The summed E-state index contributed by atoms with van der Waals surface area (Å²) in [5.41, 5.74) is 0.354. The van der Waals surface area contributed by atoms with Crippen LogP contribution in [0.1, 0.15) is 6.92 Å². The van der Waals surface area contributed by atoms with Crippen molar-refractivity contribution in [3.05, 3.63) is 18.2 Å². The van der Waals surface area contributed by atoms with E-state index in [1.165, 1.54) is 23.1 Å². The van der Waals surface area contributed by atoms with E-state index < -0.39 is 12.3 Å². The van der Waals surface area contributed by atoms with Crippen LogP contribution in [0.5, 0.6) is 11.5 Å². The Morgan fingerprint density at radius 1 is 1.37 bits per heavy atom. The Kier molecular flexibility index (Phi) is 2.40. The van der Waals surface area contributed by atoms with Crippen LogP contribution in [-0.4, -0.2) is 23.4 Å². The van der Waals surface area contributed by atoms with Crippen LogP contribution in [0.2, 0.25) is 0 Å². The first-order valence-electron chi connectivity index (χ1n) is 5.42. The smallest absolute Gasteiger partial charge is 0.395 e. The van der Waals surface area contributed by atoms with Crippen molar-refractivity contribution in [1.29, 1.82) is 0 Å². The van der Waals surface area contributed by atoms with Gasteiger partial charge < -0.3 is 14.8 Å². The van der Waals surface area contributed by atoms with Gasteiger partial charge in [0.25, 0.3) is 5.91 Å². The van der Waals surface area contributed by atoms with Gasteiger partial charge in [-0.2, -0.15) is 0 Å². The lowest BCUT2D eigenvalue weighted by molar-refractivity contribution is -0.286. The number of carbonyl (C=O) groups excluding carboxylic acids is 1. The fourth-order valence-electron chi connectivity index (χ4n) is 1.93. The molecule has 0 radical (unpaired) electrons. The maximum atomic E-state index is 12.9. The molecule has 100 valence electrons. The molecule has 1 aromatic carbocycles. The summed E-state index contributed by atoms with van der Waals surface area (Å²) >= 11 is 5.02. The van der Waals surface area contributed by atoms with Gasteiger partial charge in [-0.3, -0.25) is 9.69 Å². The molecule has 3 rings (SSSR count). The van der Waals surface area contributed by atoms with Crippen LogP contribution < -0.4 is 19.7 Å². The number of hydrogen-bond donors (Lipinski definition) is 1. The second-order valence-corrected chi connectivity index (χ2v) is 4.53. The number of carbonyl (C=O) groups is 1. The van der Waals surface area contributed by atoms with Gasteiger partial charge >= 0.3 is 6.29 Å². The molecule has 1 N–H and O–H groups in total. The summed E-state index contributed by atoms with van der Waals surface area (Å²) in [7, 11) is 0. The lowest BCUT2D eigenvalue weighted by atomic mass is 10.2.